The minimum Gasteiger partial charge on any atom is -0.101 e. The van der Waals surface area contributed by atoms with Crippen LogP contribution >= 0.6 is 17.4 Å². The largest absolute Gasteiger partial charge is 0.101 e. The topological polar surface area (TPSA) is 0 Å². The molecule has 68 valence electrons. The average Bonchev–Trinajstić information content (AvgIpc) is 2.54. The molecule has 1 aromatic carbocycles. The molecule has 0 saturated carbocycles. The van der Waals surface area contributed by atoms with Crippen LogP contribution in [0.4, 0.5) is 0 Å². The third-order valence-corrected chi connectivity index (χ3v) is 4.32. The summed E-state index contributed by atoms with van der Waals surface area (Å²) >= 11 is 0. The molecule has 0 nitrogen and oxygen atoms in total. The van der Waals surface area contributed by atoms with Gasteiger partial charge < -0.3 is 0 Å². The van der Waals surface area contributed by atoms with Crippen LogP contribution in [0.1, 0.15) is 10.9 Å². The summed E-state index contributed by atoms with van der Waals surface area (Å²) < 4.78 is 0. The molecule has 2 heteroatoms. The van der Waals surface area contributed by atoms with Gasteiger partial charge in [-0.3, -0.25) is 0 Å². The number of hydrogen-bond acceptors (Lipinski definition) is 0. The fraction of sp³-hybridized carbons (Fsp3) is 0.0833. The number of fused-ring (bicyclic) bond motifs is 3. The molecule has 1 atom stereocenters. The third kappa shape index (κ3) is 1.22. The molecular formula is C12H10P2. The van der Waals surface area contributed by atoms with E-state index in [2.05, 4.69) is 45.6 Å². The molecule has 0 N–H and O–H groups in total. The highest BCUT2D eigenvalue weighted by Gasteiger charge is 2.17. The van der Waals surface area contributed by atoms with Gasteiger partial charge in [0, 0.05) is 6.42 Å². The molecule has 14 heavy (non-hydrogen) atoms. The summed E-state index contributed by atoms with van der Waals surface area (Å²) in [5.41, 5.74) is 4.37. The third-order valence-electron chi connectivity index (χ3n) is 2.66. The Morgan fingerprint density at radius 3 is 2.79 bits per heavy atom. The molecule has 1 aromatic heterocycles. The second kappa shape index (κ2) is 3.16. The minimum absolute atomic E-state index is 1.13. The molecule has 0 aliphatic heterocycles. The van der Waals surface area contributed by atoms with Gasteiger partial charge >= 0.3 is 0 Å². The van der Waals surface area contributed by atoms with Crippen LogP contribution in [0.25, 0.3) is 11.1 Å². The molecule has 1 aliphatic rings. The first kappa shape index (κ1) is 8.60. The van der Waals surface area contributed by atoms with Crippen LogP contribution in [-0.4, -0.2) is 0 Å². The first-order chi connectivity index (χ1) is 6.84. The van der Waals surface area contributed by atoms with E-state index in [9.17, 15) is 0 Å². The summed E-state index contributed by atoms with van der Waals surface area (Å²) in [4.78, 5) is 0. The fourth-order valence-electron chi connectivity index (χ4n) is 2.02. The van der Waals surface area contributed by atoms with Crippen molar-refractivity contribution in [3.05, 3.63) is 47.3 Å². The van der Waals surface area contributed by atoms with Gasteiger partial charge in [-0.05, 0) is 33.1 Å². The Balaban J connectivity index is 2.27. The summed E-state index contributed by atoms with van der Waals surface area (Å²) in [6.45, 7) is 0. The van der Waals surface area contributed by atoms with Crippen molar-refractivity contribution in [3.63, 3.8) is 0 Å². The molecule has 0 amide bonds. The molecule has 0 spiro atoms. The van der Waals surface area contributed by atoms with Crippen molar-refractivity contribution < 1.29 is 0 Å². The van der Waals surface area contributed by atoms with Crippen molar-refractivity contribution in [2.24, 2.45) is 0 Å². The van der Waals surface area contributed by atoms with Crippen LogP contribution in [0.15, 0.2) is 36.4 Å². The minimum atomic E-state index is 1.13. The van der Waals surface area contributed by atoms with Gasteiger partial charge in [0.25, 0.3) is 0 Å². The van der Waals surface area contributed by atoms with E-state index in [4.69, 9.17) is 0 Å². The summed E-state index contributed by atoms with van der Waals surface area (Å²) in [6.07, 6.45) is 1.13. The molecular weight excluding hydrogens is 206 g/mol. The molecule has 0 radical (unpaired) electrons. The van der Waals surface area contributed by atoms with E-state index >= 15 is 0 Å². The molecule has 1 unspecified atom stereocenters. The Morgan fingerprint density at radius 2 is 1.86 bits per heavy atom. The molecule has 3 rings (SSSR count). The summed E-state index contributed by atoms with van der Waals surface area (Å²) in [5, 5.41) is 2.93. The first-order valence-corrected chi connectivity index (χ1v) is 6.15. The van der Waals surface area contributed by atoms with Gasteiger partial charge in [0.2, 0.25) is 0 Å². The standard InChI is InChI=1S/C12H10P2/c13-12-6-5-10-9-4-2-1-3-8(9)7-11(10)14-12/h1-6H,7,13H2. The van der Waals surface area contributed by atoms with Gasteiger partial charge in [-0.25, -0.2) is 0 Å². The first-order valence-electron chi connectivity index (χ1n) is 4.68. The van der Waals surface area contributed by atoms with Crippen molar-refractivity contribution in [2.45, 2.75) is 6.42 Å². The number of rotatable bonds is 0. The maximum atomic E-state index is 2.80. The lowest BCUT2D eigenvalue weighted by molar-refractivity contribution is 1.31. The molecule has 0 bridgehead atoms. The quantitative estimate of drug-likeness (QED) is 0.505. The second-order valence-corrected chi connectivity index (χ2v) is 5.95. The maximum Gasteiger partial charge on any atom is 0.00305 e. The normalized spacial score (nSPS) is 12.9. The number of hydrogen-bond donors (Lipinski definition) is 0. The Labute approximate surface area is 87.7 Å². The van der Waals surface area contributed by atoms with E-state index < -0.39 is 0 Å². The zero-order chi connectivity index (χ0) is 9.54. The molecule has 1 aliphatic carbocycles. The van der Waals surface area contributed by atoms with Crippen molar-refractivity contribution in [1.82, 2.24) is 0 Å². The predicted molar refractivity (Wildman–Crippen MR) is 66.5 cm³/mol. The highest BCUT2D eigenvalue weighted by molar-refractivity contribution is 7.52. The molecule has 2 aromatic rings. The summed E-state index contributed by atoms with van der Waals surface area (Å²) in [6, 6.07) is 13.2. The van der Waals surface area contributed by atoms with Crippen LogP contribution in [-0.2, 0) is 6.42 Å². The predicted octanol–water partition coefficient (Wildman–Crippen LogP) is 3.34. The molecule has 1 heterocycles. The van der Waals surface area contributed by atoms with Crippen molar-refractivity contribution in [1.29, 1.82) is 0 Å². The average molecular weight is 216 g/mol. The lowest BCUT2D eigenvalue weighted by Gasteiger charge is -1.99. The Morgan fingerprint density at radius 1 is 1.00 bits per heavy atom. The SMILES string of the molecule is Pc1ccc2c(p1)Cc1ccccc1-2. The Bertz CT molecular complexity index is 503. The van der Waals surface area contributed by atoms with Crippen LogP contribution in [0, 0.1) is 0 Å². The van der Waals surface area contributed by atoms with Gasteiger partial charge in [0.1, 0.15) is 0 Å². The van der Waals surface area contributed by atoms with Crippen molar-refractivity contribution >= 4 is 22.5 Å². The lowest BCUT2D eigenvalue weighted by atomic mass is 10.1. The van der Waals surface area contributed by atoms with Crippen molar-refractivity contribution in [3.8, 4) is 11.1 Å². The summed E-state index contributed by atoms with van der Waals surface area (Å²) in [5.74, 6) is 0. The van der Waals surface area contributed by atoms with Crippen LogP contribution in [0.2, 0.25) is 0 Å². The zero-order valence-electron chi connectivity index (χ0n) is 7.70. The van der Waals surface area contributed by atoms with E-state index in [1.54, 1.807) is 5.30 Å². The zero-order valence-corrected chi connectivity index (χ0v) is 9.74. The van der Waals surface area contributed by atoms with Gasteiger partial charge in [0.15, 0.2) is 0 Å². The van der Waals surface area contributed by atoms with Crippen LogP contribution < -0.4 is 5.04 Å². The van der Waals surface area contributed by atoms with E-state index in [1.165, 1.54) is 29.9 Å². The van der Waals surface area contributed by atoms with Gasteiger partial charge in [0.05, 0.1) is 0 Å². The Kier molecular flexibility index (Phi) is 1.94. The van der Waals surface area contributed by atoms with Crippen molar-refractivity contribution in [2.75, 3.05) is 0 Å². The van der Waals surface area contributed by atoms with E-state index in [0.717, 1.165) is 6.42 Å². The molecule has 0 saturated heterocycles. The lowest BCUT2D eigenvalue weighted by Crippen LogP contribution is -1.83. The highest BCUT2D eigenvalue weighted by Crippen LogP contribution is 2.39. The van der Waals surface area contributed by atoms with Crippen LogP contribution in [0.3, 0.4) is 0 Å². The molecule has 0 fully saturated rings. The number of benzene rings is 1. The Hall–Kier alpha value is -0.700. The van der Waals surface area contributed by atoms with E-state index in [0.29, 0.717) is 0 Å². The monoisotopic (exact) mass is 216 g/mol. The maximum absolute atomic E-state index is 2.80. The van der Waals surface area contributed by atoms with Crippen LogP contribution in [0.5, 0.6) is 0 Å². The van der Waals surface area contributed by atoms with Gasteiger partial charge in [-0.1, -0.05) is 38.5 Å². The fourth-order valence-corrected chi connectivity index (χ4v) is 3.61. The smallest absolute Gasteiger partial charge is 0.00305 e. The van der Waals surface area contributed by atoms with E-state index in [1.807, 2.05) is 0 Å². The van der Waals surface area contributed by atoms with Gasteiger partial charge in [-0.15, -0.1) is 9.24 Å². The second-order valence-electron chi connectivity index (χ2n) is 3.56. The van der Waals surface area contributed by atoms with Gasteiger partial charge in [-0.2, -0.15) is 0 Å². The summed E-state index contributed by atoms with van der Waals surface area (Å²) in [7, 11) is 4.18. The van der Waals surface area contributed by atoms with E-state index in [-0.39, 0.29) is 0 Å². The highest BCUT2D eigenvalue weighted by atomic mass is 31.1.